The van der Waals surface area contributed by atoms with Crippen molar-refractivity contribution < 1.29 is 4.39 Å². The number of nitrogens with zero attached hydrogens (tertiary/aromatic N) is 2. The minimum absolute atomic E-state index is 0.0896. The Bertz CT molecular complexity index is 425. The number of aromatic nitrogens is 2. The first-order valence-electron chi connectivity index (χ1n) is 4.80. The molecule has 0 amide bonds. The molecule has 1 aromatic carbocycles. The maximum atomic E-state index is 12.7. The number of rotatable bonds is 2. The fraction of sp³-hybridized carbons (Fsp3) is 0.167. The summed E-state index contributed by atoms with van der Waals surface area (Å²) >= 11 is 0. The first-order valence-corrected chi connectivity index (χ1v) is 4.80. The van der Waals surface area contributed by atoms with Crippen LogP contribution in [0.15, 0.2) is 42.7 Å². The van der Waals surface area contributed by atoms with Crippen LogP contribution in [0.25, 0.3) is 0 Å². The van der Waals surface area contributed by atoms with Crippen molar-refractivity contribution >= 4 is 0 Å². The molecule has 0 fully saturated rings. The third kappa shape index (κ3) is 2.18. The molecule has 0 bridgehead atoms. The Labute approximate surface area is 87.8 Å². The molecular formula is C12H11FN2. The van der Waals surface area contributed by atoms with E-state index in [9.17, 15) is 4.39 Å². The predicted octanol–water partition coefficient (Wildman–Crippen LogP) is 2.77. The molecule has 3 heteroatoms. The van der Waals surface area contributed by atoms with Gasteiger partial charge in [0.15, 0.2) is 0 Å². The van der Waals surface area contributed by atoms with E-state index in [1.54, 1.807) is 30.6 Å². The van der Waals surface area contributed by atoms with E-state index in [0.717, 1.165) is 11.4 Å². The van der Waals surface area contributed by atoms with Crippen LogP contribution in [0.4, 0.5) is 4.39 Å². The molecule has 1 atom stereocenters. The van der Waals surface area contributed by atoms with Gasteiger partial charge in [0.2, 0.25) is 0 Å². The zero-order chi connectivity index (χ0) is 10.7. The van der Waals surface area contributed by atoms with Crippen LogP contribution in [0, 0.1) is 5.82 Å². The van der Waals surface area contributed by atoms with Crippen LogP contribution >= 0.6 is 0 Å². The molecule has 0 saturated heterocycles. The molecule has 2 aromatic rings. The van der Waals surface area contributed by atoms with Gasteiger partial charge in [-0.25, -0.2) is 14.4 Å². The van der Waals surface area contributed by atoms with E-state index in [1.807, 2.05) is 6.92 Å². The Balaban J connectivity index is 2.29. The first kappa shape index (κ1) is 9.77. The van der Waals surface area contributed by atoms with Crippen molar-refractivity contribution in [2.75, 3.05) is 0 Å². The summed E-state index contributed by atoms with van der Waals surface area (Å²) in [5.41, 5.74) is 1.02. The molecule has 0 N–H and O–H groups in total. The second-order valence-electron chi connectivity index (χ2n) is 3.38. The van der Waals surface area contributed by atoms with E-state index in [4.69, 9.17) is 0 Å². The Hall–Kier alpha value is -1.77. The highest BCUT2D eigenvalue weighted by molar-refractivity contribution is 5.24. The highest BCUT2D eigenvalue weighted by Crippen LogP contribution is 2.20. The van der Waals surface area contributed by atoms with E-state index in [1.165, 1.54) is 12.1 Å². The zero-order valence-electron chi connectivity index (χ0n) is 8.39. The Kier molecular flexibility index (Phi) is 2.72. The molecular weight excluding hydrogens is 191 g/mol. The van der Waals surface area contributed by atoms with Crippen LogP contribution in [0.3, 0.4) is 0 Å². The van der Waals surface area contributed by atoms with Crippen LogP contribution in [0.1, 0.15) is 24.2 Å². The summed E-state index contributed by atoms with van der Waals surface area (Å²) in [6.45, 7) is 2.00. The van der Waals surface area contributed by atoms with Gasteiger partial charge in [-0.2, -0.15) is 0 Å². The molecule has 2 nitrogen and oxygen atoms in total. The Morgan fingerprint density at radius 3 is 2.27 bits per heavy atom. The van der Waals surface area contributed by atoms with Crippen molar-refractivity contribution in [3.05, 3.63) is 59.9 Å². The topological polar surface area (TPSA) is 25.8 Å². The minimum Gasteiger partial charge on any atom is -0.241 e. The van der Waals surface area contributed by atoms with Gasteiger partial charge in [0.05, 0.1) is 0 Å². The highest BCUT2D eigenvalue weighted by atomic mass is 19.1. The van der Waals surface area contributed by atoms with E-state index >= 15 is 0 Å². The third-order valence-electron chi connectivity index (χ3n) is 2.34. The van der Waals surface area contributed by atoms with Crippen LogP contribution in [0.5, 0.6) is 0 Å². The summed E-state index contributed by atoms with van der Waals surface area (Å²) < 4.78 is 12.7. The lowest BCUT2D eigenvalue weighted by atomic mass is 10.0. The first-order chi connectivity index (χ1) is 7.27. The maximum Gasteiger partial charge on any atom is 0.135 e. The molecule has 0 radical (unpaired) electrons. The minimum atomic E-state index is -0.222. The van der Waals surface area contributed by atoms with Crippen molar-refractivity contribution in [2.45, 2.75) is 12.8 Å². The molecule has 76 valence electrons. The molecule has 0 aliphatic carbocycles. The zero-order valence-corrected chi connectivity index (χ0v) is 8.39. The number of halogens is 1. The van der Waals surface area contributed by atoms with Crippen LogP contribution in [-0.4, -0.2) is 9.97 Å². The van der Waals surface area contributed by atoms with Crippen molar-refractivity contribution in [2.24, 2.45) is 0 Å². The van der Waals surface area contributed by atoms with Crippen molar-refractivity contribution in [1.29, 1.82) is 0 Å². The van der Waals surface area contributed by atoms with Gasteiger partial charge in [-0.15, -0.1) is 0 Å². The molecule has 1 aromatic heterocycles. The van der Waals surface area contributed by atoms with E-state index in [-0.39, 0.29) is 11.7 Å². The van der Waals surface area contributed by atoms with Gasteiger partial charge in [0.25, 0.3) is 0 Å². The normalized spacial score (nSPS) is 12.4. The van der Waals surface area contributed by atoms with Gasteiger partial charge in [0, 0.05) is 18.3 Å². The molecule has 0 saturated carbocycles. The summed E-state index contributed by atoms with van der Waals surface area (Å²) in [7, 11) is 0. The standard InChI is InChI=1S/C12H11FN2/c1-9(12-14-7-2-8-15-12)10-3-5-11(13)6-4-10/h2-9H,1H3/t9-/m0/s1. The van der Waals surface area contributed by atoms with Crippen molar-refractivity contribution in [3.8, 4) is 0 Å². The predicted molar refractivity (Wildman–Crippen MR) is 55.9 cm³/mol. The fourth-order valence-electron chi connectivity index (χ4n) is 1.43. The van der Waals surface area contributed by atoms with Gasteiger partial charge in [0.1, 0.15) is 11.6 Å². The lowest BCUT2D eigenvalue weighted by Crippen LogP contribution is -2.01. The summed E-state index contributed by atoms with van der Waals surface area (Å²) in [5.74, 6) is 0.621. The van der Waals surface area contributed by atoms with Crippen LogP contribution in [0.2, 0.25) is 0 Å². The van der Waals surface area contributed by atoms with Crippen LogP contribution in [-0.2, 0) is 0 Å². The van der Waals surface area contributed by atoms with E-state index in [0.29, 0.717) is 0 Å². The average Bonchev–Trinajstić information content (AvgIpc) is 2.30. The second kappa shape index (κ2) is 4.17. The lowest BCUT2D eigenvalue weighted by molar-refractivity contribution is 0.626. The van der Waals surface area contributed by atoms with Gasteiger partial charge in [-0.1, -0.05) is 19.1 Å². The van der Waals surface area contributed by atoms with Crippen LogP contribution < -0.4 is 0 Å². The van der Waals surface area contributed by atoms with E-state index < -0.39 is 0 Å². The molecule has 0 unspecified atom stereocenters. The largest absolute Gasteiger partial charge is 0.241 e. The lowest BCUT2D eigenvalue weighted by Gasteiger charge is -2.09. The second-order valence-corrected chi connectivity index (χ2v) is 3.38. The highest BCUT2D eigenvalue weighted by Gasteiger charge is 2.10. The number of hydrogen-bond acceptors (Lipinski definition) is 2. The SMILES string of the molecule is C[C@@H](c1ccc(F)cc1)c1ncccn1. The summed E-state index contributed by atoms with van der Waals surface area (Å²) in [6.07, 6.45) is 3.42. The molecule has 0 aliphatic rings. The number of benzene rings is 1. The quantitative estimate of drug-likeness (QED) is 0.748. The molecule has 0 spiro atoms. The van der Waals surface area contributed by atoms with Gasteiger partial charge >= 0.3 is 0 Å². The van der Waals surface area contributed by atoms with Gasteiger partial charge < -0.3 is 0 Å². The summed E-state index contributed by atoms with van der Waals surface area (Å²) in [5, 5.41) is 0. The maximum absolute atomic E-state index is 12.7. The molecule has 15 heavy (non-hydrogen) atoms. The molecule has 0 aliphatic heterocycles. The number of hydrogen-bond donors (Lipinski definition) is 0. The Morgan fingerprint density at radius 1 is 1.07 bits per heavy atom. The van der Waals surface area contributed by atoms with Crippen molar-refractivity contribution in [1.82, 2.24) is 9.97 Å². The fourth-order valence-corrected chi connectivity index (χ4v) is 1.43. The average molecular weight is 202 g/mol. The molecule has 2 rings (SSSR count). The van der Waals surface area contributed by atoms with Gasteiger partial charge in [-0.05, 0) is 23.8 Å². The Morgan fingerprint density at radius 2 is 1.67 bits per heavy atom. The van der Waals surface area contributed by atoms with Crippen molar-refractivity contribution in [3.63, 3.8) is 0 Å². The third-order valence-corrected chi connectivity index (χ3v) is 2.34. The molecule has 1 heterocycles. The van der Waals surface area contributed by atoms with E-state index in [2.05, 4.69) is 9.97 Å². The smallest absolute Gasteiger partial charge is 0.135 e. The summed E-state index contributed by atoms with van der Waals surface area (Å²) in [4.78, 5) is 8.35. The summed E-state index contributed by atoms with van der Waals surface area (Å²) in [6, 6.07) is 8.21. The van der Waals surface area contributed by atoms with Gasteiger partial charge in [-0.3, -0.25) is 0 Å². The monoisotopic (exact) mass is 202 g/mol.